The highest BCUT2D eigenvalue weighted by Crippen LogP contribution is 2.18. The molecule has 0 aliphatic heterocycles. The summed E-state index contributed by atoms with van der Waals surface area (Å²) in [6.07, 6.45) is 1.50. The molecular weight excluding hydrogens is 355 g/mol. The van der Waals surface area contributed by atoms with Crippen molar-refractivity contribution in [1.82, 2.24) is 20.1 Å². The zero-order valence-corrected chi connectivity index (χ0v) is 15.4. The van der Waals surface area contributed by atoms with Gasteiger partial charge in [-0.25, -0.2) is 14.1 Å². The fourth-order valence-electron chi connectivity index (χ4n) is 2.53. The lowest BCUT2D eigenvalue weighted by Crippen LogP contribution is -2.23. The zero-order chi connectivity index (χ0) is 18.8. The summed E-state index contributed by atoms with van der Waals surface area (Å²) < 4.78 is 14.8. The van der Waals surface area contributed by atoms with Crippen molar-refractivity contribution >= 4 is 17.5 Å². The van der Waals surface area contributed by atoms with Gasteiger partial charge in [-0.15, -0.1) is 0 Å². The van der Waals surface area contributed by atoms with Crippen molar-refractivity contribution in [3.63, 3.8) is 0 Å². The standard InChI is InChI=1S/C19H18ClFN4O/c1-11-12(2)24-25(13(11)3)18-7-5-15(10-22-18)19(26)23-9-14-4-6-16(21)8-17(14)20/h4-8,10H,9H2,1-3H3,(H,23,26). The average molecular weight is 373 g/mol. The van der Waals surface area contributed by atoms with Gasteiger partial charge in [0, 0.05) is 23.5 Å². The van der Waals surface area contributed by atoms with E-state index in [1.165, 1.54) is 18.3 Å². The van der Waals surface area contributed by atoms with Gasteiger partial charge in [-0.3, -0.25) is 4.79 Å². The number of carbonyl (C=O) groups is 1. The number of nitrogens with one attached hydrogen (secondary N) is 1. The summed E-state index contributed by atoms with van der Waals surface area (Å²) >= 11 is 5.96. The molecule has 0 saturated heterocycles. The molecule has 0 unspecified atom stereocenters. The van der Waals surface area contributed by atoms with E-state index in [1.807, 2.05) is 20.8 Å². The predicted octanol–water partition coefficient (Wildman–Crippen LogP) is 3.92. The quantitative estimate of drug-likeness (QED) is 0.755. The fraction of sp³-hybridized carbons (Fsp3) is 0.211. The predicted molar refractivity (Wildman–Crippen MR) is 98.2 cm³/mol. The number of pyridine rings is 1. The summed E-state index contributed by atoms with van der Waals surface area (Å²) in [5, 5.41) is 7.48. The molecule has 5 nitrogen and oxygen atoms in total. The topological polar surface area (TPSA) is 59.8 Å². The van der Waals surface area contributed by atoms with Gasteiger partial charge in [0.05, 0.1) is 11.3 Å². The first-order chi connectivity index (χ1) is 12.4. The number of rotatable bonds is 4. The Hall–Kier alpha value is -2.73. The van der Waals surface area contributed by atoms with Gasteiger partial charge in [0.15, 0.2) is 5.82 Å². The average Bonchev–Trinajstić information content (AvgIpc) is 2.88. The number of aromatic nitrogens is 3. The van der Waals surface area contributed by atoms with E-state index >= 15 is 0 Å². The molecule has 0 aliphatic rings. The molecule has 1 N–H and O–H groups in total. The van der Waals surface area contributed by atoms with Crippen LogP contribution in [0, 0.1) is 26.6 Å². The van der Waals surface area contributed by atoms with Crippen LogP contribution in [0.25, 0.3) is 5.82 Å². The molecular formula is C19H18ClFN4O. The van der Waals surface area contributed by atoms with E-state index < -0.39 is 5.82 Å². The zero-order valence-electron chi connectivity index (χ0n) is 14.7. The summed E-state index contributed by atoms with van der Waals surface area (Å²) in [6.45, 7) is 6.14. The van der Waals surface area contributed by atoms with Crippen LogP contribution >= 0.6 is 11.6 Å². The molecule has 2 aromatic heterocycles. The second-order valence-electron chi connectivity index (χ2n) is 6.03. The minimum atomic E-state index is -0.413. The van der Waals surface area contributed by atoms with Crippen LogP contribution in [0.4, 0.5) is 4.39 Å². The van der Waals surface area contributed by atoms with Crippen molar-refractivity contribution < 1.29 is 9.18 Å². The van der Waals surface area contributed by atoms with Crippen LogP contribution in [0.3, 0.4) is 0 Å². The Morgan fingerprint density at radius 3 is 2.58 bits per heavy atom. The molecule has 0 radical (unpaired) electrons. The first kappa shape index (κ1) is 18.1. The van der Waals surface area contributed by atoms with Gasteiger partial charge < -0.3 is 5.32 Å². The second kappa shape index (κ2) is 7.25. The normalized spacial score (nSPS) is 10.8. The van der Waals surface area contributed by atoms with Crippen molar-refractivity contribution in [2.75, 3.05) is 0 Å². The minimum Gasteiger partial charge on any atom is -0.348 e. The maximum atomic E-state index is 13.1. The van der Waals surface area contributed by atoms with E-state index in [0.717, 1.165) is 17.0 Å². The van der Waals surface area contributed by atoms with Crippen LogP contribution in [0.1, 0.15) is 32.9 Å². The first-order valence-corrected chi connectivity index (χ1v) is 8.46. The monoisotopic (exact) mass is 372 g/mol. The highest BCUT2D eigenvalue weighted by molar-refractivity contribution is 6.31. The maximum absolute atomic E-state index is 13.1. The van der Waals surface area contributed by atoms with Crippen LogP contribution in [-0.2, 0) is 6.54 Å². The van der Waals surface area contributed by atoms with Crippen molar-refractivity contribution in [3.05, 3.63) is 75.4 Å². The molecule has 0 spiro atoms. The number of nitrogens with zero attached hydrogens (tertiary/aromatic N) is 3. The van der Waals surface area contributed by atoms with Crippen LogP contribution in [0.2, 0.25) is 5.02 Å². The fourth-order valence-corrected chi connectivity index (χ4v) is 2.77. The van der Waals surface area contributed by atoms with Crippen molar-refractivity contribution in [2.24, 2.45) is 0 Å². The van der Waals surface area contributed by atoms with Gasteiger partial charge in [0.25, 0.3) is 5.91 Å². The summed E-state index contributed by atoms with van der Waals surface area (Å²) in [7, 11) is 0. The molecule has 3 aromatic rings. The third kappa shape index (κ3) is 3.60. The SMILES string of the molecule is Cc1nn(-c2ccc(C(=O)NCc3ccc(F)cc3Cl)cn2)c(C)c1C. The Bertz CT molecular complexity index is 966. The number of carbonyl (C=O) groups excluding carboxylic acids is 1. The Labute approximate surface area is 155 Å². The van der Waals surface area contributed by atoms with Crippen LogP contribution in [0.15, 0.2) is 36.5 Å². The lowest BCUT2D eigenvalue weighted by atomic mass is 10.2. The Kier molecular flexibility index (Phi) is 5.04. The Morgan fingerprint density at radius 1 is 1.23 bits per heavy atom. The van der Waals surface area contributed by atoms with Gasteiger partial charge in [0.1, 0.15) is 5.82 Å². The number of hydrogen-bond acceptors (Lipinski definition) is 3. The minimum absolute atomic E-state index is 0.205. The summed E-state index contributed by atoms with van der Waals surface area (Å²) in [5.74, 6) is -0.0462. The molecule has 134 valence electrons. The van der Waals surface area contributed by atoms with Gasteiger partial charge in [-0.1, -0.05) is 17.7 Å². The van der Waals surface area contributed by atoms with E-state index in [1.54, 1.807) is 22.9 Å². The number of benzene rings is 1. The van der Waals surface area contributed by atoms with E-state index in [9.17, 15) is 9.18 Å². The van der Waals surface area contributed by atoms with Crippen LogP contribution < -0.4 is 5.32 Å². The van der Waals surface area contributed by atoms with Crippen molar-refractivity contribution in [1.29, 1.82) is 0 Å². The second-order valence-corrected chi connectivity index (χ2v) is 6.44. The van der Waals surface area contributed by atoms with Gasteiger partial charge in [-0.05, 0) is 56.2 Å². The number of amides is 1. The molecule has 1 amide bonds. The Balaban J connectivity index is 1.71. The van der Waals surface area contributed by atoms with E-state index in [4.69, 9.17) is 11.6 Å². The highest BCUT2D eigenvalue weighted by Gasteiger charge is 2.12. The van der Waals surface area contributed by atoms with E-state index in [2.05, 4.69) is 15.4 Å². The van der Waals surface area contributed by atoms with Gasteiger partial charge in [-0.2, -0.15) is 5.10 Å². The van der Waals surface area contributed by atoms with E-state index in [-0.39, 0.29) is 17.5 Å². The third-order valence-corrected chi connectivity index (χ3v) is 4.69. The number of halogens is 2. The molecule has 0 fully saturated rings. The van der Waals surface area contributed by atoms with Crippen molar-refractivity contribution in [2.45, 2.75) is 27.3 Å². The molecule has 3 rings (SSSR count). The van der Waals surface area contributed by atoms with Crippen LogP contribution in [0.5, 0.6) is 0 Å². The highest BCUT2D eigenvalue weighted by atomic mass is 35.5. The smallest absolute Gasteiger partial charge is 0.253 e. The van der Waals surface area contributed by atoms with Crippen molar-refractivity contribution in [3.8, 4) is 5.82 Å². The Morgan fingerprint density at radius 2 is 2.00 bits per heavy atom. The van der Waals surface area contributed by atoms with Gasteiger partial charge in [0.2, 0.25) is 0 Å². The molecule has 0 aliphatic carbocycles. The summed E-state index contributed by atoms with van der Waals surface area (Å²) in [6, 6.07) is 7.51. The van der Waals surface area contributed by atoms with Gasteiger partial charge >= 0.3 is 0 Å². The molecule has 0 bridgehead atoms. The molecule has 0 saturated carbocycles. The van der Waals surface area contributed by atoms with Crippen LogP contribution in [-0.4, -0.2) is 20.7 Å². The maximum Gasteiger partial charge on any atom is 0.253 e. The summed E-state index contributed by atoms with van der Waals surface area (Å²) in [4.78, 5) is 16.6. The molecule has 7 heteroatoms. The largest absolute Gasteiger partial charge is 0.348 e. The summed E-state index contributed by atoms with van der Waals surface area (Å²) in [5.41, 5.74) is 4.14. The first-order valence-electron chi connectivity index (χ1n) is 8.08. The lowest BCUT2D eigenvalue weighted by Gasteiger charge is -2.08. The molecule has 1 aromatic carbocycles. The number of hydrogen-bond donors (Lipinski definition) is 1. The lowest BCUT2D eigenvalue weighted by molar-refractivity contribution is 0.0950. The molecule has 26 heavy (non-hydrogen) atoms. The number of aryl methyl sites for hydroxylation is 1. The molecule has 2 heterocycles. The third-order valence-electron chi connectivity index (χ3n) is 4.33. The van der Waals surface area contributed by atoms with E-state index in [0.29, 0.717) is 16.9 Å². The molecule has 0 atom stereocenters.